The summed E-state index contributed by atoms with van der Waals surface area (Å²) in [5, 5.41) is 21.7. The zero-order valence-electron chi connectivity index (χ0n) is 17.4. The molecular formula is C22H21N7O4. The molecule has 0 radical (unpaired) electrons. The number of anilines is 6. The molecule has 2 aliphatic rings. The molecule has 0 bridgehead atoms. The van der Waals surface area contributed by atoms with Crippen LogP contribution < -0.4 is 26.0 Å². The van der Waals surface area contributed by atoms with Gasteiger partial charge in [0, 0.05) is 17.8 Å². The SMILES string of the molecule is O=C1COc2ccc(Nc3nc(NCC4CC=CO4)nc(Nc4ccc(O)cc4)n3)cc2N1. The third kappa shape index (κ3) is 5.03. The standard InChI is InChI=1S/C22H21N7O4/c30-15-6-3-13(4-7-15)24-21-27-20(23-11-16-2-1-9-32-16)28-22(29-21)25-14-5-8-18-17(10-14)26-19(31)12-33-18/h1,3-10,16,30H,2,11-12H2,(H,26,31)(H3,23,24,25,27,28,29). The molecule has 2 aliphatic heterocycles. The van der Waals surface area contributed by atoms with Crippen LogP contribution in [0.5, 0.6) is 11.5 Å². The molecule has 0 saturated carbocycles. The van der Waals surface area contributed by atoms with Crippen LogP contribution in [0.25, 0.3) is 0 Å². The molecule has 5 N–H and O–H groups in total. The molecule has 168 valence electrons. The highest BCUT2D eigenvalue weighted by Crippen LogP contribution is 2.31. The zero-order chi connectivity index (χ0) is 22.6. The second-order valence-electron chi connectivity index (χ2n) is 7.40. The van der Waals surface area contributed by atoms with E-state index in [2.05, 4.69) is 36.2 Å². The van der Waals surface area contributed by atoms with Crippen molar-refractivity contribution in [1.29, 1.82) is 0 Å². The van der Waals surface area contributed by atoms with Crippen molar-refractivity contribution in [2.45, 2.75) is 12.5 Å². The molecule has 11 nitrogen and oxygen atoms in total. The van der Waals surface area contributed by atoms with E-state index in [-0.39, 0.29) is 24.4 Å². The smallest absolute Gasteiger partial charge is 0.262 e. The van der Waals surface area contributed by atoms with Crippen molar-refractivity contribution in [3.05, 3.63) is 54.8 Å². The number of rotatable bonds is 7. The minimum Gasteiger partial charge on any atom is -0.508 e. The fourth-order valence-corrected chi connectivity index (χ4v) is 3.30. The average molecular weight is 447 g/mol. The first-order valence-corrected chi connectivity index (χ1v) is 10.3. The number of aromatic hydroxyl groups is 1. The molecular weight excluding hydrogens is 426 g/mol. The number of ether oxygens (including phenoxy) is 2. The number of phenols is 1. The second-order valence-corrected chi connectivity index (χ2v) is 7.40. The summed E-state index contributed by atoms with van der Waals surface area (Å²) in [5.74, 6) is 1.50. The van der Waals surface area contributed by atoms with E-state index < -0.39 is 0 Å². The maximum atomic E-state index is 11.6. The molecule has 3 aromatic rings. The number of amides is 1. The number of benzene rings is 2. The number of fused-ring (bicyclic) bond motifs is 1. The predicted molar refractivity (Wildman–Crippen MR) is 122 cm³/mol. The zero-order valence-corrected chi connectivity index (χ0v) is 17.4. The Morgan fingerprint density at radius 2 is 1.73 bits per heavy atom. The summed E-state index contributed by atoms with van der Waals surface area (Å²) in [6.45, 7) is 0.520. The largest absolute Gasteiger partial charge is 0.508 e. The highest BCUT2D eigenvalue weighted by molar-refractivity contribution is 5.96. The lowest BCUT2D eigenvalue weighted by Crippen LogP contribution is -2.25. The van der Waals surface area contributed by atoms with Crippen LogP contribution in [0, 0.1) is 0 Å². The maximum absolute atomic E-state index is 11.6. The van der Waals surface area contributed by atoms with Crippen LogP contribution in [-0.2, 0) is 9.53 Å². The number of carbonyl (C=O) groups excluding carboxylic acids is 1. The Labute approximate surface area is 188 Å². The van der Waals surface area contributed by atoms with E-state index in [1.807, 2.05) is 6.08 Å². The summed E-state index contributed by atoms with van der Waals surface area (Å²) < 4.78 is 10.9. The Balaban J connectivity index is 1.38. The average Bonchev–Trinajstić information content (AvgIpc) is 3.33. The quantitative estimate of drug-likeness (QED) is 0.343. The van der Waals surface area contributed by atoms with Gasteiger partial charge >= 0.3 is 0 Å². The molecule has 1 unspecified atom stereocenters. The van der Waals surface area contributed by atoms with E-state index in [9.17, 15) is 9.90 Å². The van der Waals surface area contributed by atoms with Crippen molar-refractivity contribution < 1.29 is 19.4 Å². The van der Waals surface area contributed by atoms with Crippen molar-refractivity contribution in [1.82, 2.24) is 15.0 Å². The van der Waals surface area contributed by atoms with Crippen LogP contribution in [0.4, 0.5) is 34.9 Å². The normalized spacial score (nSPS) is 16.2. The number of hydrogen-bond acceptors (Lipinski definition) is 10. The van der Waals surface area contributed by atoms with Gasteiger partial charge in [-0.25, -0.2) is 0 Å². The molecule has 0 aliphatic carbocycles. The van der Waals surface area contributed by atoms with E-state index in [1.54, 1.807) is 48.7 Å². The highest BCUT2D eigenvalue weighted by Gasteiger charge is 2.17. The number of nitrogens with one attached hydrogen (secondary N) is 4. The summed E-state index contributed by atoms with van der Waals surface area (Å²) in [7, 11) is 0. The molecule has 1 aromatic heterocycles. The van der Waals surface area contributed by atoms with E-state index in [0.29, 0.717) is 47.2 Å². The summed E-state index contributed by atoms with van der Waals surface area (Å²) in [6, 6.07) is 11.9. The summed E-state index contributed by atoms with van der Waals surface area (Å²) >= 11 is 0. The highest BCUT2D eigenvalue weighted by atomic mass is 16.5. The predicted octanol–water partition coefficient (Wildman–Crippen LogP) is 3.11. The van der Waals surface area contributed by atoms with E-state index in [1.165, 1.54) is 0 Å². The first-order chi connectivity index (χ1) is 16.1. The molecule has 0 saturated heterocycles. The van der Waals surface area contributed by atoms with Crippen LogP contribution in [0.2, 0.25) is 0 Å². The molecule has 33 heavy (non-hydrogen) atoms. The van der Waals surface area contributed by atoms with Crippen molar-refractivity contribution in [2.75, 3.05) is 34.4 Å². The lowest BCUT2D eigenvalue weighted by Gasteiger charge is -2.19. The topological polar surface area (TPSA) is 143 Å². The van der Waals surface area contributed by atoms with Gasteiger partial charge in [-0.3, -0.25) is 4.79 Å². The molecule has 0 spiro atoms. The lowest BCUT2D eigenvalue weighted by atomic mass is 10.2. The Hall–Kier alpha value is -4.54. The molecule has 11 heteroatoms. The van der Waals surface area contributed by atoms with E-state index in [4.69, 9.17) is 9.47 Å². The lowest BCUT2D eigenvalue weighted by molar-refractivity contribution is -0.118. The molecule has 1 atom stereocenters. The first kappa shape index (κ1) is 20.4. The molecule has 1 amide bonds. The Morgan fingerprint density at radius 3 is 2.48 bits per heavy atom. The molecule has 2 aromatic carbocycles. The number of hydrogen-bond donors (Lipinski definition) is 5. The number of nitrogens with zero attached hydrogens (tertiary/aromatic N) is 3. The van der Waals surface area contributed by atoms with Gasteiger partial charge in [0.1, 0.15) is 17.6 Å². The molecule has 3 heterocycles. The third-order valence-electron chi connectivity index (χ3n) is 4.88. The van der Waals surface area contributed by atoms with Gasteiger partial charge < -0.3 is 35.8 Å². The fraction of sp³-hybridized carbons (Fsp3) is 0.182. The molecule has 5 rings (SSSR count). The Kier molecular flexibility index (Phi) is 5.50. The minimum absolute atomic E-state index is 0.00517. The summed E-state index contributed by atoms with van der Waals surface area (Å²) in [5.41, 5.74) is 1.93. The first-order valence-electron chi connectivity index (χ1n) is 10.3. The van der Waals surface area contributed by atoms with Gasteiger partial charge in [-0.2, -0.15) is 15.0 Å². The van der Waals surface area contributed by atoms with Crippen molar-refractivity contribution in [3.8, 4) is 11.5 Å². The summed E-state index contributed by atoms with van der Waals surface area (Å²) in [6.07, 6.45) is 4.47. The molecule has 0 fully saturated rings. The van der Waals surface area contributed by atoms with Crippen LogP contribution in [0.15, 0.2) is 54.8 Å². The fourth-order valence-electron chi connectivity index (χ4n) is 3.30. The van der Waals surface area contributed by atoms with Crippen LogP contribution in [0.3, 0.4) is 0 Å². The van der Waals surface area contributed by atoms with Crippen molar-refractivity contribution in [3.63, 3.8) is 0 Å². The second kappa shape index (κ2) is 8.91. The van der Waals surface area contributed by atoms with Gasteiger partial charge in [-0.15, -0.1) is 0 Å². The third-order valence-corrected chi connectivity index (χ3v) is 4.88. The van der Waals surface area contributed by atoms with Gasteiger partial charge in [0.2, 0.25) is 17.8 Å². The number of carbonyl (C=O) groups is 1. The van der Waals surface area contributed by atoms with Crippen LogP contribution >= 0.6 is 0 Å². The van der Waals surface area contributed by atoms with Crippen molar-refractivity contribution in [2.24, 2.45) is 0 Å². The van der Waals surface area contributed by atoms with Gasteiger partial charge in [0.25, 0.3) is 5.91 Å². The van der Waals surface area contributed by atoms with Crippen molar-refractivity contribution >= 4 is 40.8 Å². The number of phenolic OH excluding ortho intramolecular Hbond substituents is 1. The van der Waals surface area contributed by atoms with Crippen LogP contribution in [-0.4, -0.2) is 45.2 Å². The van der Waals surface area contributed by atoms with Gasteiger partial charge in [0.05, 0.1) is 18.5 Å². The van der Waals surface area contributed by atoms with Crippen LogP contribution in [0.1, 0.15) is 6.42 Å². The van der Waals surface area contributed by atoms with Gasteiger partial charge in [-0.1, -0.05) is 0 Å². The monoisotopic (exact) mass is 447 g/mol. The minimum atomic E-state index is -0.213. The van der Waals surface area contributed by atoms with Gasteiger partial charge in [0.15, 0.2) is 6.61 Å². The van der Waals surface area contributed by atoms with Gasteiger partial charge in [-0.05, 0) is 48.5 Å². The Bertz CT molecular complexity index is 1190. The maximum Gasteiger partial charge on any atom is 0.262 e. The number of aromatic nitrogens is 3. The van der Waals surface area contributed by atoms with E-state index in [0.717, 1.165) is 6.42 Å². The van der Waals surface area contributed by atoms with E-state index >= 15 is 0 Å². The summed E-state index contributed by atoms with van der Waals surface area (Å²) in [4.78, 5) is 25.0. The Morgan fingerprint density at radius 1 is 1.00 bits per heavy atom.